The summed E-state index contributed by atoms with van der Waals surface area (Å²) >= 11 is 0. The third-order valence-electron chi connectivity index (χ3n) is 4.89. The summed E-state index contributed by atoms with van der Waals surface area (Å²) in [7, 11) is 0. The van der Waals surface area contributed by atoms with Crippen LogP contribution in [0.15, 0.2) is 54.6 Å². The van der Waals surface area contributed by atoms with Gasteiger partial charge >= 0.3 is 0 Å². The first kappa shape index (κ1) is 16.6. The summed E-state index contributed by atoms with van der Waals surface area (Å²) in [5, 5.41) is 3.42. The molecule has 4 nitrogen and oxygen atoms in total. The number of hydrogen-bond acceptors (Lipinski definition) is 4. The second kappa shape index (κ2) is 7.16. The molecule has 132 valence electrons. The van der Waals surface area contributed by atoms with Crippen molar-refractivity contribution in [3.05, 3.63) is 77.0 Å². The van der Waals surface area contributed by atoms with Crippen LogP contribution in [0, 0.1) is 6.92 Å². The minimum Gasteiger partial charge on any atom is -0.340 e. The minimum atomic E-state index is 0.798. The third kappa shape index (κ3) is 3.54. The molecule has 1 aliphatic heterocycles. The molecule has 0 aliphatic carbocycles. The summed E-state index contributed by atoms with van der Waals surface area (Å²) in [4.78, 5) is 11.7. The van der Waals surface area contributed by atoms with Crippen LogP contribution < -0.4 is 10.2 Å². The van der Waals surface area contributed by atoms with Gasteiger partial charge in [0, 0.05) is 30.5 Å². The van der Waals surface area contributed by atoms with Crippen molar-refractivity contribution in [3.8, 4) is 0 Å². The zero-order chi connectivity index (χ0) is 17.9. The standard InChI is InChI=1S/C22H24N4/c1-3-17-8-10-20(11-9-17)24-21-14-16(2)23-22(25-21)26-13-12-18-6-4-5-7-19(18)15-26/h4-11,14H,3,12-13,15H2,1-2H3,(H,23,24,25). The summed E-state index contributed by atoms with van der Waals surface area (Å²) < 4.78 is 0. The van der Waals surface area contributed by atoms with Gasteiger partial charge < -0.3 is 10.2 Å². The molecule has 1 aliphatic rings. The summed E-state index contributed by atoms with van der Waals surface area (Å²) in [5.41, 5.74) is 6.16. The topological polar surface area (TPSA) is 41.1 Å². The molecule has 1 aromatic heterocycles. The Bertz CT molecular complexity index is 902. The van der Waals surface area contributed by atoms with Crippen molar-refractivity contribution >= 4 is 17.5 Å². The van der Waals surface area contributed by atoms with Crippen LogP contribution in [0.2, 0.25) is 0 Å². The highest BCUT2D eigenvalue weighted by atomic mass is 15.3. The van der Waals surface area contributed by atoms with Gasteiger partial charge in [-0.1, -0.05) is 43.3 Å². The molecule has 0 spiro atoms. The lowest BCUT2D eigenvalue weighted by Gasteiger charge is -2.29. The average molecular weight is 344 g/mol. The van der Waals surface area contributed by atoms with E-state index in [9.17, 15) is 0 Å². The first-order chi connectivity index (χ1) is 12.7. The molecule has 0 radical (unpaired) electrons. The van der Waals surface area contributed by atoms with E-state index in [1.807, 2.05) is 13.0 Å². The molecule has 2 aromatic carbocycles. The number of nitrogens with one attached hydrogen (secondary N) is 1. The quantitative estimate of drug-likeness (QED) is 0.748. The van der Waals surface area contributed by atoms with Crippen molar-refractivity contribution in [3.63, 3.8) is 0 Å². The highest BCUT2D eigenvalue weighted by molar-refractivity contribution is 5.58. The number of rotatable bonds is 4. The van der Waals surface area contributed by atoms with Crippen molar-refractivity contribution in [2.24, 2.45) is 0 Å². The van der Waals surface area contributed by atoms with Crippen molar-refractivity contribution in [1.82, 2.24) is 9.97 Å². The predicted molar refractivity (Wildman–Crippen MR) is 107 cm³/mol. The van der Waals surface area contributed by atoms with Gasteiger partial charge in [-0.05, 0) is 48.6 Å². The fourth-order valence-electron chi connectivity index (χ4n) is 3.40. The average Bonchev–Trinajstić information content (AvgIpc) is 2.68. The van der Waals surface area contributed by atoms with Crippen molar-refractivity contribution in [2.45, 2.75) is 33.2 Å². The third-order valence-corrected chi connectivity index (χ3v) is 4.89. The molecular formula is C22H24N4. The van der Waals surface area contributed by atoms with Crippen LogP contribution in [0.25, 0.3) is 0 Å². The largest absolute Gasteiger partial charge is 0.340 e. The Balaban J connectivity index is 1.56. The van der Waals surface area contributed by atoms with E-state index in [1.54, 1.807) is 0 Å². The number of hydrogen-bond donors (Lipinski definition) is 1. The van der Waals surface area contributed by atoms with Crippen LogP contribution in [-0.2, 0) is 19.4 Å². The summed E-state index contributed by atoms with van der Waals surface area (Å²) in [6, 6.07) is 19.1. The van der Waals surface area contributed by atoms with E-state index in [-0.39, 0.29) is 0 Å². The number of benzene rings is 2. The molecule has 0 saturated carbocycles. The van der Waals surface area contributed by atoms with Crippen molar-refractivity contribution < 1.29 is 0 Å². The van der Waals surface area contributed by atoms with E-state index in [4.69, 9.17) is 4.98 Å². The zero-order valence-electron chi connectivity index (χ0n) is 15.4. The second-order valence-corrected chi connectivity index (χ2v) is 6.81. The Morgan fingerprint density at radius 2 is 1.77 bits per heavy atom. The molecule has 0 bridgehead atoms. The summed E-state index contributed by atoms with van der Waals surface area (Å²) in [5.74, 6) is 1.64. The molecule has 0 unspecified atom stereocenters. The first-order valence-electron chi connectivity index (χ1n) is 9.24. The van der Waals surface area contributed by atoms with Crippen LogP contribution in [0.3, 0.4) is 0 Å². The van der Waals surface area contributed by atoms with Gasteiger partial charge in [-0.2, -0.15) is 4.98 Å². The number of aryl methyl sites for hydroxylation is 2. The molecule has 0 amide bonds. The Morgan fingerprint density at radius 3 is 2.54 bits per heavy atom. The van der Waals surface area contributed by atoms with Gasteiger partial charge in [0.15, 0.2) is 0 Å². The molecule has 2 heterocycles. The lowest BCUT2D eigenvalue weighted by molar-refractivity contribution is 0.706. The fourth-order valence-corrected chi connectivity index (χ4v) is 3.40. The van der Waals surface area contributed by atoms with Crippen LogP contribution in [0.4, 0.5) is 17.5 Å². The molecule has 3 aromatic rings. The minimum absolute atomic E-state index is 0.798. The maximum absolute atomic E-state index is 4.77. The zero-order valence-corrected chi connectivity index (χ0v) is 15.4. The van der Waals surface area contributed by atoms with Gasteiger partial charge in [0.25, 0.3) is 0 Å². The van der Waals surface area contributed by atoms with Crippen LogP contribution in [-0.4, -0.2) is 16.5 Å². The van der Waals surface area contributed by atoms with Crippen molar-refractivity contribution in [2.75, 3.05) is 16.8 Å². The molecular weight excluding hydrogens is 320 g/mol. The lowest BCUT2D eigenvalue weighted by Crippen LogP contribution is -2.32. The normalized spacial score (nSPS) is 13.4. The smallest absolute Gasteiger partial charge is 0.227 e. The maximum Gasteiger partial charge on any atom is 0.227 e. The monoisotopic (exact) mass is 344 g/mol. The van der Waals surface area contributed by atoms with Gasteiger partial charge in [0.2, 0.25) is 5.95 Å². The molecule has 0 atom stereocenters. The number of aromatic nitrogens is 2. The lowest BCUT2D eigenvalue weighted by atomic mass is 10.0. The van der Waals surface area contributed by atoms with E-state index in [2.05, 4.69) is 70.7 Å². The number of fused-ring (bicyclic) bond motifs is 1. The molecule has 4 rings (SSSR count). The first-order valence-corrected chi connectivity index (χ1v) is 9.24. The summed E-state index contributed by atoms with van der Waals surface area (Å²) in [6.45, 7) is 6.00. The van der Waals surface area contributed by atoms with Gasteiger partial charge in [-0.25, -0.2) is 4.98 Å². The maximum atomic E-state index is 4.77. The van der Waals surface area contributed by atoms with Crippen LogP contribution in [0.5, 0.6) is 0 Å². The second-order valence-electron chi connectivity index (χ2n) is 6.81. The predicted octanol–water partition coefficient (Wildman–Crippen LogP) is 4.65. The molecule has 1 N–H and O–H groups in total. The van der Waals surface area contributed by atoms with E-state index in [0.717, 1.165) is 49.1 Å². The van der Waals surface area contributed by atoms with E-state index < -0.39 is 0 Å². The van der Waals surface area contributed by atoms with E-state index >= 15 is 0 Å². The molecule has 4 heteroatoms. The number of anilines is 3. The highest BCUT2D eigenvalue weighted by Gasteiger charge is 2.18. The fraction of sp³-hybridized carbons (Fsp3) is 0.273. The van der Waals surface area contributed by atoms with Gasteiger partial charge in [0.05, 0.1) is 0 Å². The Labute approximate surface area is 154 Å². The Hall–Kier alpha value is -2.88. The Kier molecular flexibility index (Phi) is 4.57. The van der Waals surface area contributed by atoms with Gasteiger partial charge in [0.1, 0.15) is 5.82 Å². The van der Waals surface area contributed by atoms with Gasteiger partial charge in [-0.3, -0.25) is 0 Å². The van der Waals surface area contributed by atoms with Crippen LogP contribution in [0.1, 0.15) is 29.3 Å². The molecule has 0 saturated heterocycles. The molecule has 26 heavy (non-hydrogen) atoms. The van der Waals surface area contributed by atoms with E-state index in [0.29, 0.717) is 0 Å². The molecule has 0 fully saturated rings. The summed E-state index contributed by atoms with van der Waals surface area (Å²) in [6.07, 6.45) is 2.09. The SMILES string of the molecule is CCc1ccc(Nc2cc(C)nc(N3CCc4ccccc4C3)n2)cc1. The van der Waals surface area contributed by atoms with Crippen LogP contribution >= 0.6 is 0 Å². The van der Waals surface area contributed by atoms with Gasteiger partial charge in [-0.15, -0.1) is 0 Å². The van der Waals surface area contributed by atoms with E-state index in [1.165, 1.54) is 16.7 Å². The Morgan fingerprint density at radius 1 is 1.00 bits per heavy atom. The van der Waals surface area contributed by atoms with Crippen molar-refractivity contribution in [1.29, 1.82) is 0 Å². The highest BCUT2D eigenvalue weighted by Crippen LogP contribution is 2.24. The number of nitrogens with zero attached hydrogens (tertiary/aromatic N) is 3.